The van der Waals surface area contributed by atoms with E-state index in [1.165, 1.54) is 49.5 Å². The second-order valence-corrected chi connectivity index (χ2v) is 10.3. The molecule has 2 N–H and O–H groups in total. The maximum absolute atomic E-state index is 13.6. The van der Waals surface area contributed by atoms with E-state index in [2.05, 4.69) is 15.6 Å². The number of carbonyl (C=O) groups excluding carboxylic acids is 2. The Labute approximate surface area is 240 Å². The fourth-order valence-electron chi connectivity index (χ4n) is 4.94. The van der Waals surface area contributed by atoms with Crippen molar-refractivity contribution < 1.29 is 44.7 Å². The first-order chi connectivity index (χ1) is 20.2. The number of alkyl halides is 6. The van der Waals surface area contributed by atoms with Crippen molar-refractivity contribution in [3.05, 3.63) is 71.5 Å². The van der Waals surface area contributed by atoms with Crippen molar-refractivity contribution in [2.24, 2.45) is 11.8 Å². The SMILES string of the molecule is CNC(=O)c1c(-c2ccc(F)cc2)oc2nc(NCC(F)(F)F)c(-c3cccc(C(=O)CC(C4CC4)C(F)(F)F)c3)cc12. The summed E-state index contributed by atoms with van der Waals surface area (Å²) in [7, 11) is 1.36. The Morgan fingerprint density at radius 1 is 1.00 bits per heavy atom. The third-order valence-corrected chi connectivity index (χ3v) is 7.21. The van der Waals surface area contributed by atoms with Gasteiger partial charge >= 0.3 is 12.4 Å². The standard InChI is InChI=1S/C30H24F7N3O3/c1-38-27(42)24-21-12-20(17-3-2-4-18(11-17)23(41)13-22(15-5-6-15)30(35,36)37)26(39-14-29(32,33)34)40-28(21)43-25(24)16-7-9-19(31)10-8-16/h2-4,7-12,15,22H,5-6,13-14H2,1H3,(H,38,42)(H,39,40). The lowest BCUT2D eigenvalue weighted by Gasteiger charge is -2.19. The number of ketones is 1. The molecule has 1 amide bonds. The molecule has 1 saturated carbocycles. The second kappa shape index (κ2) is 11.3. The molecule has 0 saturated heterocycles. The Kier molecular flexibility index (Phi) is 7.93. The van der Waals surface area contributed by atoms with Crippen molar-refractivity contribution in [1.82, 2.24) is 10.3 Å². The number of amides is 1. The predicted octanol–water partition coefficient (Wildman–Crippen LogP) is 7.80. The average molecular weight is 608 g/mol. The molecule has 13 heteroatoms. The van der Waals surface area contributed by atoms with E-state index < -0.39 is 54.7 Å². The van der Waals surface area contributed by atoms with Crippen molar-refractivity contribution in [2.75, 3.05) is 18.9 Å². The maximum atomic E-state index is 13.6. The van der Waals surface area contributed by atoms with Crippen LogP contribution in [-0.2, 0) is 0 Å². The van der Waals surface area contributed by atoms with Crippen LogP contribution < -0.4 is 10.6 Å². The van der Waals surface area contributed by atoms with E-state index in [0.29, 0.717) is 18.4 Å². The van der Waals surface area contributed by atoms with E-state index >= 15 is 0 Å². The van der Waals surface area contributed by atoms with E-state index in [0.717, 1.165) is 12.1 Å². The fourth-order valence-corrected chi connectivity index (χ4v) is 4.94. The minimum absolute atomic E-state index is 0.0111. The molecule has 2 aromatic heterocycles. The highest BCUT2D eigenvalue weighted by Crippen LogP contribution is 2.47. The number of pyridine rings is 1. The van der Waals surface area contributed by atoms with Gasteiger partial charge in [-0.1, -0.05) is 18.2 Å². The average Bonchev–Trinajstić information content (AvgIpc) is 3.72. The van der Waals surface area contributed by atoms with Gasteiger partial charge in [0, 0.05) is 30.2 Å². The molecule has 226 valence electrons. The summed E-state index contributed by atoms with van der Waals surface area (Å²) in [5.74, 6) is -4.64. The van der Waals surface area contributed by atoms with Crippen LogP contribution in [0.4, 0.5) is 36.6 Å². The fraction of sp³-hybridized carbons (Fsp3) is 0.300. The molecule has 2 heterocycles. The lowest BCUT2D eigenvalue weighted by atomic mass is 9.92. The Balaban J connectivity index is 1.63. The van der Waals surface area contributed by atoms with Crippen LogP contribution in [0.25, 0.3) is 33.6 Å². The number of anilines is 1. The number of furan rings is 1. The molecule has 1 atom stereocenters. The van der Waals surface area contributed by atoms with Crippen LogP contribution in [0, 0.1) is 17.7 Å². The van der Waals surface area contributed by atoms with Crippen molar-refractivity contribution in [3.63, 3.8) is 0 Å². The lowest BCUT2D eigenvalue weighted by Crippen LogP contribution is -2.27. The summed E-state index contributed by atoms with van der Waals surface area (Å²) < 4.78 is 99.6. The lowest BCUT2D eigenvalue weighted by molar-refractivity contribution is -0.179. The molecule has 5 rings (SSSR count). The molecule has 43 heavy (non-hydrogen) atoms. The molecule has 0 aliphatic heterocycles. The summed E-state index contributed by atoms with van der Waals surface area (Å²) in [6, 6.07) is 11.8. The number of carbonyl (C=O) groups is 2. The third-order valence-electron chi connectivity index (χ3n) is 7.21. The molecule has 1 unspecified atom stereocenters. The minimum atomic E-state index is -4.64. The summed E-state index contributed by atoms with van der Waals surface area (Å²) >= 11 is 0. The number of hydrogen-bond donors (Lipinski definition) is 2. The Hall–Kier alpha value is -4.42. The number of nitrogens with one attached hydrogen (secondary N) is 2. The molecular formula is C30H24F7N3O3. The van der Waals surface area contributed by atoms with Gasteiger partial charge in [-0.15, -0.1) is 0 Å². The van der Waals surface area contributed by atoms with Crippen LogP contribution in [0.5, 0.6) is 0 Å². The van der Waals surface area contributed by atoms with Crippen LogP contribution in [0.1, 0.15) is 40.0 Å². The van der Waals surface area contributed by atoms with Crippen LogP contribution in [0.3, 0.4) is 0 Å². The second-order valence-electron chi connectivity index (χ2n) is 10.3. The molecule has 0 bridgehead atoms. The van der Waals surface area contributed by atoms with Gasteiger partial charge in [0.15, 0.2) is 5.78 Å². The predicted molar refractivity (Wildman–Crippen MR) is 144 cm³/mol. The first kappa shape index (κ1) is 30.1. The highest BCUT2D eigenvalue weighted by atomic mass is 19.4. The summed E-state index contributed by atoms with van der Waals surface area (Å²) in [4.78, 5) is 30.1. The molecule has 1 aliphatic rings. The Morgan fingerprint density at radius 3 is 2.30 bits per heavy atom. The van der Waals surface area contributed by atoms with Crippen LogP contribution in [-0.4, -0.2) is 42.6 Å². The highest BCUT2D eigenvalue weighted by Gasteiger charge is 2.49. The highest BCUT2D eigenvalue weighted by molar-refractivity contribution is 6.11. The first-order valence-corrected chi connectivity index (χ1v) is 13.2. The van der Waals surface area contributed by atoms with E-state index in [9.17, 15) is 40.3 Å². The van der Waals surface area contributed by atoms with Gasteiger partial charge in [-0.2, -0.15) is 31.3 Å². The van der Waals surface area contributed by atoms with Gasteiger partial charge in [0.2, 0.25) is 5.71 Å². The van der Waals surface area contributed by atoms with Crippen molar-refractivity contribution >= 4 is 28.6 Å². The summed E-state index contributed by atoms with van der Waals surface area (Å²) in [5.41, 5.74) is 0.234. The van der Waals surface area contributed by atoms with Crippen molar-refractivity contribution in [1.29, 1.82) is 0 Å². The molecule has 6 nitrogen and oxygen atoms in total. The molecule has 2 aromatic carbocycles. The zero-order valence-corrected chi connectivity index (χ0v) is 22.5. The van der Waals surface area contributed by atoms with E-state index in [-0.39, 0.29) is 44.9 Å². The van der Waals surface area contributed by atoms with Gasteiger partial charge in [0.1, 0.15) is 23.9 Å². The maximum Gasteiger partial charge on any atom is 0.405 e. The number of aromatic nitrogens is 1. The first-order valence-electron chi connectivity index (χ1n) is 13.2. The normalized spacial score (nSPS) is 14.5. The van der Waals surface area contributed by atoms with Crippen LogP contribution in [0.15, 0.2) is 59.0 Å². The number of halogens is 7. The monoisotopic (exact) mass is 607 g/mol. The molecule has 0 spiro atoms. The van der Waals surface area contributed by atoms with Crippen LogP contribution >= 0.6 is 0 Å². The molecule has 1 aliphatic carbocycles. The topological polar surface area (TPSA) is 84.2 Å². The summed E-state index contributed by atoms with van der Waals surface area (Å²) in [6.07, 6.45) is -9.17. The zero-order valence-electron chi connectivity index (χ0n) is 22.5. The Morgan fingerprint density at radius 2 is 1.70 bits per heavy atom. The molecular weight excluding hydrogens is 583 g/mol. The largest absolute Gasteiger partial charge is 0.437 e. The Bertz CT molecular complexity index is 1670. The van der Waals surface area contributed by atoms with E-state index in [4.69, 9.17) is 4.42 Å². The van der Waals surface area contributed by atoms with Gasteiger partial charge in [-0.05, 0) is 60.7 Å². The number of fused-ring (bicyclic) bond motifs is 1. The minimum Gasteiger partial charge on any atom is -0.437 e. The smallest absolute Gasteiger partial charge is 0.405 e. The van der Waals surface area contributed by atoms with Gasteiger partial charge in [0.05, 0.1) is 16.9 Å². The van der Waals surface area contributed by atoms with E-state index in [1.807, 2.05) is 0 Å². The van der Waals surface area contributed by atoms with Gasteiger partial charge in [0.25, 0.3) is 5.91 Å². The number of hydrogen-bond acceptors (Lipinski definition) is 5. The number of Topliss-reactive ketones (excluding diaryl/α,β-unsaturated/α-hetero) is 1. The number of benzene rings is 2. The molecule has 4 aromatic rings. The number of nitrogens with zero attached hydrogens (tertiary/aromatic N) is 1. The third kappa shape index (κ3) is 6.65. The number of rotatable bonds is 9. The quantitative estimate of drug-likeness (QED) is 0.150. The zero-order chi connectivity index (χ0) is 31.1. The molecule has 0 radical (unpaired) electrons. The van der Waals surface area contributed by atoms with Crippen LogP contribution in [0.2, 0.25) is 0 Å². The van der Waals surface area contributed by atoms with Gasteiger partial charge < -0.3 is 15.1 Å². The van der Waals surface area contributed by atoms with Crippen molar-refractivity contribution in [3.8, 4) is 22.5 Å². The van der Waals surface area contributed by atoms with E-state index in [1.54, 1.807) is 0 Å². The summed E-state index contributed by atoms with van der Waals surface area (Å²) in [5, 5.41) is 4.78. The van der Waals surface area contributed by atoms with Crippen molar-refractivity contribution in [2.45, 2.75) is 31.6 Å². The van der Waals surface area contributed by atoms with Gasteiger partial charge in [-0.25, -0.2) is 4.39 Å². The summed E-state index contributed by atoms with van der Waals surface area (Å²) in [6.45, 7) is -1.49. The molecule has 1 fully saturated rings. The van der Waals surface area contributed by atoms with Gasteiger partial charge in [-0.3, -0.25) is 9.59 Å².